The predicted molar refractivity (Wildman–Crippen MR) is 180 cm³/mol. The molecule has 0 amide bonds. The lowest BCUT2D eigenvalue weighted by Gasteiger charge is -2.21. The molecule has 7 aromatic rings. The number of halogens is 1. The maximum absolute atomic E-state index is 3.87. The molecule has 2 heteroatoms. The summed E-state index contributed by atoms with van der Waals surface area (Å²) in [5, 5.41) is 2.60. The van der Waals surface area contributed by atoms with Gasteiger partial charge in [0.2, 0.25) is 0 Å². The van der Waals surface area contributed by atoms with Gasteiger partial charge in [-0.3, -0.25) is 0 Å². The van der Waals surface area contributed by atoms with Gasteiger partial charge in [-0.2, -0.15) is 0 Å². The van der Waals surface area contributed by atoms with E-state index in [4.69, 9.17) is 0 Å². The third kappa shape index (κ3) is 3.19. The minimum absolute atomic E-state index is 0.0454. The van der Waals surface area contributed by atoms with E-state index >= 15 is 0 Å². The van der Waals surface area contributed by atoms with E-state index in [2.05, 4.69) is 156 Å². The summed E-state index contributed by atoms with van der Waals surface area (Å²) in [5.41, 5.74) is 17.3. The number of aromatic nitrogens is 1. The van der Waals surface area contributed by atoms with Crippen LogP contribution in [-0.4, -0.2) is 4.57 Å². The Morgan fingerprint density at radius 3 is 2.19 bits per heavy atom. The van der Waals surface area contributed by atoms with Crippen molar-refractivity contribution in [3.05, 3.63) is 148 Å². The van der Waals surface area contributed by atoms with Crippen LogP contribution in [0, 0.1) is 0 Å². The lowest BCUT2D eigenvalue weighted by molar-refractivity contribution is 0.661. The van der Waals surface area contributed by atoms with E-state index < -0.39 is 0 Å². The molecule has 2 aliphatic rings. The first-order chi connectivity index (χ1) is 20.5. The molecule has 0 bridgehead atoms. The van der Waals surface area contributed by atoms with E-state index in [1.54, 1.807) is 0 Å². The third-order valence-corrected chi connectivity index (χ3v) is 10.4. The second-order valence-electron chi connectivity index (χ2n) is 12.3. The smallest absolute Gasteiger partial charge is 0.0544 e. The highest BCUT2D eigenvalue weighted by atomic mass is 79.9. The number of nitrogens with zero attached hydrogens (tertiary/aromatic N) is 1. The van der Waals surface area contributed by atoms with Crippen LogP contribution in [0.5, 0.6) is 0 Å². The molecule has 6 aromatic carbocycles. The van der Waals surface area contributed by atoms with E-state index in [0.717, 1.165) is 6.42 Å². The van der Waals surface area contributed by atoms with Gasteiger partial charge in [-0.05, 0) is 99.0 Å². The lowest BCUT2D eigenvalue weighted by Crippen LogP contribution is -2.14. The van der Waals surface area contributed by atoms with Crippen molar-refractivity contribution in [2.45, 2.75) is 25.7 Å². The molecule has 0 fully saturated rings. The van der Waals surface area contributed by atoms with Crippen LogP contribution in [0.3, 0.4) is 0 Å². The molecule has 1 nitrogen and oxygen atoms in total. The largest absolute Gasteiger partial charge is 0.309 e. The van der Waals surface area contributed by atoms with E-state index in [1.165, 1.54) is 87.6 Å². The van der Waals surface area contributed by atoms with Crippen molar-refractivity contribution < 1.29 is 0 Å². The highest BCUT2D eigenvalue weighted by molar-refractivity contribution is 9.10. The van der Waals surface area contributed by atoms with Crippen molar-refractivity contribution in [3.8, 4) is 39.1 Å². The average Bonchev–Trinajstić information content (AvgIpc) is 3.63. The lowest BCUT2D eigenvalue weighted by atomic mass is 9.82. The molecule has 1 heterocycles. The molecule has 0 aliphatic heterocycles. The Hall–Kier alpha value is -4.40. The molecule has 0 radical (unpaired) electrons. The highest BCUT2D eigenvalue weighted by Gasteiger charge is 2.36. The number of para-hydroxylation sites is 1. The first kappa shape index (κ1) is 24.2. The minimum Gasteiger partial charge on any atom is -0.309 e. The fraction of sp³-hybridized carbons (Fsp3) is 0.100. The van der Waals surface area contributed by atoms with Crippen molar-refractivity contribution in [1.29, 1.82) is 0 Å². The van der Waals surface area contributed by atoms with Crippen LogP contribution in [0.1, 0.15) is 36.1 Å². The molecule has 0 spiro atoms. The number of hydrogen-bond acceptors (Lipinski definition) is 0. The summed E-state index contributed by atoms with van der Waals surface area (Å²) in [7, 11) is 0. The van der Waals surface area contributed by atoms with Crippen LogP contribution in [0.4, 0.5) is 0 Å². The molecular weight excluding hydrogens is 574 g/mol. The van der Waals surface area contributed by atoms with Crippen LogP contribution in [0.15, 0.2) is 126 Å². The zero-order chi connectivity index (χ0) is 28.2. The van der Waals surface area contributed by atoms with Crippen LogP contribution in [0.2, 0.25) is 0 Å². The number of benzene rings is 6. The van der Waals surface area contributed by atoms with Gasteiger partial charge < -0.3 is 4.57 Å². The topological polar surface area (TPSA) is 4.93 Å². The van der Waals surface area contributed by atoms with Crippen LogP contribution in [-0.2, 0) is 11.8 Å². The Bertz CT molecular complexity index is 2250. The van der Waals surface area contributed by atoms with Crippen LogP contribution >= 0.6 is 15.9 Å². The average molecular weight is 603 g/mol. The number of fused-ring (bicyclic) bond motifs is 9. The molecule has 200 valence electrons. The van der Waals surface area contributed by atoms with Crippen molar-refractivity contribution in [2.24, 2.45) is 0 Å². The monoisotopic (exact) mass is 601 g/mol. The molecule has 0 unspecified atom stereocenters. The maximum Gasteiger partial charge on any atom is 0.0544 e. The van der Waals surface area contributed by atoms with Gasteiger partial charge in [-0.1, -0.05) is 109 Å². The Morgan fingerprint density at radius 2 is 1.33 bits per heavy atom. The first-order valence-electron chi connectivity index (χ1n) is 14.7. The van der Waals surface area contributed by atoms with Crippen molar-refractivity contribution in [3.63, 3.8) is 0 Å². The summed E-state index contributed by atoms with van der Waals surface area (Å²) in [5.74, 6) is 0. The molecule has 9 rings (SSSR count). The molecule has 0 N–H and O–H groups in total. The van der Waals surface area contributed by atoms with Gasteiger partial charge in [0.15, 0.2) is 0 Å². The first-order valence-corrected chi connectivity index (χ1v) is 15.5. The summed E-state index contributed by atoms with van der Waals surface area (Å²) in [6.07, 6.45) is 0.962. The van der Waals surface area contributed by atoms with Gasteiger partial charge in [0.1, 0.15) is 0 Å². The minimum atomic E-state index is -0.0454. The SMILES string of the molecule is CC1(C)c2ccccc2-c2cc3c4cc(-c5ccc(Br)c6c5Cc5ccccc5-6)ccc4n(-c4ccccc4)c3cc21. The fourth-order valence-corrected chi connectivity index (χ4v) is 8.29. The van der Waals surface area contributed by atoms with Crippen LogP contribution in [0.25, 0.3) is 60.9 Å². The Labute approximate surface area is 254 Å². The summed E-state index contributed by atoms with van der Waals surface area (Å²) in [4.78, 5) is 0. The highest BCUT2D eigenvalue weighted by Crippen LogP contribution is 2.51. The normalized spacial score (nSPS) is 14.2. The zero-order valence-corrected chi connectivity index (χ0v) is 25.2. The molecule has 2 aliphatic carbocycles. The van der Waals surface area contributed by atoms with E-state index in [-0.39, 0.29) is 5.41 Å². The fourth-order valence-electron chi connectivity index (χ4n) is 7.71. The van der Waals surface area contributed by atoms with Gasteiger partial charge in [0, 0.05) is 31.9 Å². The summed E-state index contributed by atoms with van der Waals surface area (Å²) in [6, 6.07) is 45.1. The van der Waals surface area contributed by atoms with Crippen molar-refractivity contribution in [2.75, 3.05) is 0 Å². The maximum atomic E-state index is 3.87. The molecule has 0 saturated heterocycles. The summed E-state index contributed by atoms with van der Waals surface area (Å²) < 4.78 is 3.63. The van der Waals surface area contributed by atoms with Gasteiger partial charge in [0.25, 0.3) is 0 Å². The second kappa shape index (κ2) is 8.56. The molecule has 0 saturated carbocycles. The summed E-state index contributed by atoms with van der Waals surface area (Å²) >= 11 is 3.87. The van der Waals surface area contributed by atoms with Crippen molar-refractivity contribution >= 4 is 37.7 Å². The van der Waals surface area contributed by atoms with Gasteiger partial charge >= 0.3 is 0 Å². The molecular formula is C40H28BrN. The van der Waals surface area contributed by atoms with E-state index in [9.17, 15) is 0 Å². The molecule has 1 aromatic heterocycles. The number of hydrogen-bond donors (Lipinski definition) is 0. The van der Waals surface area contributed by atoms with Crippen LogP contribution < -0.4 is 0 Å². The Kier molecular flexibility index (Phi) is 4.94. The van der Waals surface area contributed by atoms with Crippen molar-refractivity contribution in [1.82, 2.24) is 4.57 Å². The quantitative estimate of drug-likeness (QED) is 0.186. The number of rotatable bonds is 2. The second-order valence-corrected chi connectivity index (χ2v) is 13.1. The Balaban J connectivity index is 1.34. The molecule has 0 atom stereocenters. The standard InChI is InChI=1S/C40H28BrN/c1-40(2)34-15-9-8-14-29(34)30-22-32-31-20-25(27-17-18-36(41)39-28-13-7-6-10-24(28)21-33(27)39)16-19-37(31)42(38(32)23-35(30)40)26-11-4-3-5-12-26/h3-20,22-23H,21H2,1-2H3. The summed E-state index contributed by atoms with van der Waals surface area (Å²) in [6.45, 7) is 4.73. The van der Waals surface area contributed by atoms with E-state index in [1.807, 2.05) is 0 Å². The van der Waals surface area contributed by atoms with Gasteiger partial charge in [0.05, 0.1) is 11.0 Å². The van der Waals surface area contributed by atoms with Gasteiger partial charge in [-0.15, -0.1) is 0 Å². The van der Waals surface area contributed by atoms with E-state index in [0.29, 0.717) is 0 Å². The zero-order valence-electron chi connectivity index (χ0n) is 23.6. The van der Waals surface area contributed by atoms with Gasteiger partial charge in [-0.25, -0.2) is 0 Å². The molecule has 42 heavy (non-hydrogen) atoms. The predicted octanol–water partition coefficient (Wildman–Crippen LogP) is 11.1. The Morgan fingerprint density at radius 1 is 0.595 bits per heavy atom. The third-order valence-electron chi connectivity index (χ3n) is 9.71.